The summed E-state index contributed by atoms with van der Waals surface area (Å²) < 4.78 is 28.7. The number of quaternary nitrogens is 1. The van der Waals surface area contributed by atoms with E-state index in [1.165, 1.54) is 62.8 Å². The van der Waals surface area contributed by atoms with Crippen LogP contribution in [0.1, 0.15) is 46.0 Å². The molecule has 0 amide bonds. The molecule has 0 radical (unpaired) electrons. The Kier molecular flexibility index (Phi) is 8.00. The standard InChI is InChI=1S/C11H24N.CH4O3S/c1-3-5-9-12(4-2)10-7-6-8-11-12;1-5(2,3)4/h3-11H2,1-2H3;1H3,(H,2,3,4)/q+1;/p-1. The number of rotatable bonds is 4. The maximum atomic E-state index is 9.08. The fourth-order valence-electron chi connectivity index (χ4n) is 2.37. The van der Waals surface area contributed by atoms with Gasteiger partial charge in [-0.25, -0.2) is 8.42 Å². The molecule has 0 saturated carbocycles. The van der Waals surface area contributed by atoms with Gasteiger partial charge in [0.05, 0.1) is 36.3 Å². The Morgan fingerprint density at radius 2 is 1.59 bits per heavy atom. The lowest BCUT2D eigenvalue weighted by atomic mass is 10.1. The van der Waals surface area contributed by atoms with Crippen LogP contribution in [0.5, 0.6) is 0 Å². The summed E-state index contributed by atoms with van der Waals surface area (Å²) in [4.78, 5) is 0. The molecule has 5 heteroatoms. The molecule has 0 spiro atoms. The molecule has 0 bridgehead atoms. The summed E-state index contributed by atoms with van der Waals surface area (Å²) in [5.41, 5.74) is 0. The van der Waals surface area contributed by atoms with Gasteiger partial charge in [-0.15, -0.1) is 0 Å². The lowest BCUT2D eigenvalue weighted by Gasteiger charge is -2.40. The molecule has 0 N–H and O–H groups in total. The van der Waals surface area contributed by atoms with Gasteiger partial charge in [-0.2, -0.15) is 0 Å². The highest BCUT2D eigenvalue weighted by molar-refractivity contribution is 7.84. The van der Waals surface area contributed by atoms with Gasteiger partial charge in [0, 0.05) is 6.26 Å². The fourth-order valence-corrected chi connectivity index (χ4v) is 2.37. The van der Waals surface area contributed by atoms with Crippen molar-refractivity contribution in [1.82, 2.24) is 0 Å². The zero-order chi connectivity index (χ0) is 13.4. The largest absolute Gasteiger partial charge is 0.748 e. The van der Waals surface area contributed by atoms with Crippen molar-refractivity contribution < 1.29 is 17.5 Å². The summed E-state index contributed by atoms with van der Waals surface area (Å²) in [5, 5.41) is 0. The Labute approximate surface area is 106 Å². The number of piperidine rings is 1. The van der Waals surface area contributed by atoms with Gasteiger partial charge in [-0.1, -0.05) is 13.3 Å². The topological polar surface area (TPSA) is 57.2 Å². The van der Waals surface area contributed by atoms with E-state index in [4.69, 9.17) is 13.0 Å². The van der Waals surface area contributed by atoms with Crippen LogP contribution in [-0.4, -0.2) is 49.9 Å². The number of unbranched alkanes of at least 4 members (excludes halogenated alkanes) is 1. The maximum absolute atomic E-state index is 9.08. The normalized spacial score (nSPS) is 19.3. The van der Waals surface area contributed by atoms with Crippen LogP contribution in [0.25, 0.3) is 0 Å². The molecular weight excluding hydrogens is 238 g/mol. The van der Waals surface area contributed by atoms with Gasteiger partial charge in [0.2, 0.25) is 0 Å². The van der Waals surface area contributed by atoms with Crippen LogP contribution in [0.15, 0.2) is 0 Å². The monoisotopic (exact) mass is 265 g/mol. The van der Waals surface area contributed by atoms with Crippen LogP contribution in [-0.2, 0) is 10.1 Å². The van der Waals surface area contributed by atoms with Gasteiger partial charge in [-0.3, -0.25) is 0 Å². The molecule has 0 unspecified atom stereocenters. The van der Waals surface area contributed by atoms with Crippen LogP contribution in [0, 0.1) is 0 Å². The first-order valence-electron chi connectivity index (χ1n) is 6.59. The molecule has 1 heterocycles. The van der Waals surface area contributed by atoms with Crippen LogP contribution < -0.4 is 0 Å². The summed E-state index contributed by atoms with van der Waals surface area (Å²) >= 11 is 0. The Balaban J connectivity index is 0.000000437. The van der Waals surface area contributed by atoms with Gasteiger partial charge in [-0.05, 0) is 32.6 Å². The average molecular weight is 265 g/mol. The minimum atomic E-state index is -3.92. The summed E-state index contributed by atoms with van der Waals surface area (Å²) in [6, 6.07) is 0. The summed E-state index contributed by atoms with van der Waals surface area (Å²) in [6.45, 7) is 10.4. The summed E-state index contributed by atoms with van der Waals surface area (Å²) in [7, 11) is -3.92. The summed E-state index contributed by atoms with van der Waals surface area (Å²) in [6.07, 6.45) is 7.81. The van der Waals surface area contributed by atoms with Crippen molar-refractivity contribution in [1.29, 1.82) is 0 Å². The highest BCUT2D eigenvalue weighted by atomic mass is 32.2. The van der Waals surface area contributed by atoms with Crippen LogP contribution >= 0.6 is 0 Å². The molecule has 104 valence electrons. The first kappa shape index (κ1) is 16.9. The van der Waals surface area contributed by atoms with E-state index in [0.717, 1.165) is 0 Å². The third-order valence-corrected chi connectivity index (χ3v) is 3.42. The van der Waals surface area contributed by atoms with Crippen molar-refractivity contribution in [2.75, 3.05) is 32.4 Å². The van der Waals surface area contributed by atoms with Gasteiger partial charge in [0.25, 0.3) is 0 Å². The van der Waals surface area contributed by atoms with Crippen molar-refractivity contribution in [3.63, 3.8) is 0 Å². The lowest BCUT2D eigenvalue weighted by molar-refractivity contribution is -0.931. The van der Waals surface area contributed by atoms with E-state index in [0.29, 0.717) is 6.26 Å². The molecule has 0 aromatic heterocycles. The molecule has 1 rings (SSSR count). The fraction of sp³-hybridized carbons (Fsp3) is 1.00. The Bertz CT molecular complexity index is 274. The molecule has 0 atom stereocenters. The van der Waals surface area contributed by atoms with E-state index >= 15 is 0 Å². The predicted octanol–water partition coefficient (Wildman–Crippen LogP) is 1.97. The van der Waals surface area contributed by atoms with Gasteiger partial charge in [0.15, 0.2) is 0 Å². The van der Waals surface area contributed by atoms with Crippen molar-refractivity contribution >= 4 is 10.1 Å². The highest BCUT2D eigenvalue weighted by Crippen LogP contribution is 2.19. The molecule has 1 aliphatic rings. The number of hydrogen-bond donors (Lipinski definition) is 0. The first-order chi connectivity index (χ1) is 7.83. The van der Waals surface area contributed by atoms with E-state index in [1.54, 1.807) is 0 Å². The molecule has 1 aliphatic heterocycles. The summed E-state index contributed by atoms with van der Waals surface area (Å²) in [5.74, 6) is 0. The van der Waals surface area contributed by atoms with Crippen molar-refractivity contribution in [2.24, 2.45) is 0 Å². The van der Waals surface area contributed by atoms with Crippen LogP contribution in [0.3, 0.4) is 0 Å². The Morgan fingerprint density at radius 1 is 1.12 bits per heavy atom. The second-order valence-corrected chi connectivity index (χ2v) is 6.36. The Morgan fingerprint density at radius 3 is 1.94 bits per heavy atom. The molecular formula is C12H27NO3S. The maximum Gasteiger partial charge on any atom is 0.0916 e. The average Bonchev–Trinajstić information content (AvgIpc) is 2.25. The molecule has 1 saturated heterocycles. The zero-order valence-corrected chi connectivity index (χ0v) is 12.3. The predicted molar refractivity (Wildman–Crippen MR) is 69.8 cm³/mol. The lowest BCUT2D eigenvalue weighted by Crippen LogP contribution is -2.51. The molecule has 0 aromatic carbocycles. The van der Waals surface area contributed by atoms with E-state index in [2.05, 4.69) is 13.8 Å². The third-order valence-electron chi connectivity index (χ3n) is 3.42. The molecule has 4 nitrogen and oxygen atoms in total. The van der Waals surface area contributed by atoms with Gasteiger partial charge in [0.1, 0.15) is 0 Å². The van der Waals surface area contributed by atoms with Gasteiger partial charge >= 0.3 is 0 Å². The van der Waals surface area contributed by atoms with E-state index in [1.807, 2.05) is 0 Å². The van der Waals surface area contributed by atoms with Crippen molar-refractivity contribution in [2.45, 2.75) is 46.0 Å². The minimum absolute atomic E-state index is 0.604. The number of hydrogen-bond acceptors (Lipinski definition) is 3. The van der Waals surface area contributed by atoms with E-state index in [9.17, 15) is 0 Å². The Hall–Kier alpha value is -0.130. The third kappa shape index (κ3) is 9.56. The van der Waals surface area contributed by atoms with Crippen molar-refractivity contribution in [3.05, 3.63) is 0 Å². The minimum Gasteiger partial charge on any atom is -0.748 e. The smallest absolute Gasteiger partial charge is 0.0916 e. The van der Waals surface area contributed by atoms with Crippen LogP contribution in [0.2, 0.25) is 0 Å². The molecule has 0 aromatic rings. The van der Waals surface area contributed by atoms with Crippen molar-refractivity contribution in [3.8, 4) is 0 Å². The molecule has 0 aliphatic carbocycles. The molecule has 17 heavy (non-hydrogen) atoms. The highest BCUT2D eigenvalue weighted by Gasteiger charge is 2.26. The zero-order valence-electron chi connectivity index (χ0n) is 11.4. The van der Waals surface area contributed by atoms with Crippen LogP contribution in [0.4, 0.5) is 0 Å². The number of likely N-dealkylation sites (tertiary alicyclic amines) is 1. The van der Waals surface area contributed by atoms with Gasteiger partial charge < -0.3 is 9.04 Å². The second kappa shape index (κ2) is 8.06. The quantitative estimate of drug-likeness (QED) is 0.577. The second-order valence-electron chi connectivity index (χ2n) is 4.95. The first-order valence-corrected chi connectivity index (χ1v) is 8.40. The van der Waals surface area contributed by atoms with E-state index in [-0.39, 0.29) is 0 Å². The number of nitrogens with zero attached hydrogens (tertiary/aromatic N) is 1. The molecule has 1 fully saturated rings. The van der Waals surface area contributed by atoms with E-state index < -0.39 is 10.1 Å². The SMILES string of the molecule is CCCC[N+]1(CC)CCCCC1.CS(=O)(=O)[O-].